The van der Waals surface area contributed by atoms with Crippen LogP contribution in [0.5, 0.6) is 0 Å². The lowest BCUT2D eigenvalue weighted by molar-refractivity contribution is -0.155. The van der Waals surface area contributed by atoms with Gasteiger partial charge >= 0.3 is 5.97 Å². The summed E-state index contributed by atoms with van der Waals surface area (Å²) in [5, 5.41) is 3.90. The molecule has 2 N–H and O–H groups in total. The molecule has 1 aromatic heterocycles. The highest BCUT2D eigenvalue weighted by atomic mass is 32.1. The summed E-state index contributed by atoms with van der Waals surface area (Å²) in [5.74, 6) is -1.50. The van der Waals surface area contributed by atoms with Gasteiger partial charge in [-0.1, -0.05) is 18.2 Å². The predicted octanol–water partition coefficient (Wildman–Crippen LogP) is 2.07. The molecule has 0 spiro atoms. The molecule has 24 heavy (non-hydrogen) atoms. The standard InChI is InChI=1S/C17H18N2O4S/c1-12(23-15(20)8-7-13-9-10-24-11-13)16(21)18-19-17(22)14-5-3-2-4-6-14/h2-6,9-12H,7-8H2,1H3,(H,18,21)(H,19,22)/t12-/m0/s1. The summed E-state index contributed by atoms with van der Waals surface area (Å²) >= 11 is 1.56. The molecular formula is C17H18N2O4S. The lowest BCUT2D eigenvalue weighted by Gasteiger charge is -2.14. The molecule has 0 aliphatic heterocycles. The summed E-state index contributed by atoms with van der Waals surface area (Å²) in [7, 11) is 0. The van der Waals surface area contributed by atoms with Gasteiger partial charge in [-0.15, -0.1) is 0 Å². The lowest BCUT2D eigenvalue weighted by atomic mass is 10.2. The van der Waals surface area contributed by atoms with Gasteiger partial charge in [0.2, 0.25) is 0 Å². The summed E-state index contributed by atoms with van der Waals surface area (Å²) in [6, 6.07) is 10.4. The number of amides is 2. The second-order valence-corrected chi connectivity index (χ2v) is 5.85. The molecule has 0 fully saturated rings. The average molecular weight is 346 g/mol. The first-order valence-corrected chi connectivity index (χ1v) is 8.36. The Bertz CT molecular complexity index is 686. The minimum atomic E-state index is -0.990. The quantitative estimate of drug-likeness (QED) is 0.619. The fourth-order valence-corrected chi connectivity index (χ4v) is 2.58. The number of benzene rings is 1. The van der Waals surface area contributed by atoms with Gasteiger partial charge < -0.3 is 4.74 Å². The van der Waals surface area contributed by atoms with E-state index in [0.717, 1.165) is 5.56 Å². The summed E-state index contributed by atoms with van der Waals surface area (Å²) in [6.07, 6.45) is -0.220. The van der Waals surface area contributed by atoms with E-state index in [1.54, 1.807) is 41.7 Å². The van der Waals surface area contributed by atoms with Crippen molar-refractivity contribution in [2.24, 2.45) is 0 Å². The number of hydrogen-bond donors (Lipinski definition) is 2. The van der Waals surface area contributed by atoms with Crippen LogP contribution in [0.2, 0.25) is 0 Å². The molecule has 0 aliphatic rings. The molecule has 0 aliphatic carbocycles. The van der Waals surface area contributed by atoms with Gasteiger partial charge in [-0.05, 0) is 47.9 Å². The predicted molar refractivity (Wildman–Crippen MR) is 90.2 cm³/mol. The maximum atomic E-state index is 11.8. The van der Waals surface area contributed by atoms with Crippen LogP contribution in [0.3, 0.4) is 0 Å². The van der Waals surface area contributed by atoms with Crippen LogP contribution >= 0.6 is 11.3 Å². The zero-order chi connectivity index (χ0) is 17.4. The Labute approximate surface area is 143 Å². The average Bonchev–Trinajstić information content (AvgIpc) is 3.11. The van der Waals surface area contributed by atoms with E-state index in [2.05, 4.69) is 10.9 Å². The molecule has 1 aromatic carbocycles. The third kappa shape index (κ3) is 5.51. The van der Waals surface area contributed by atoms with Crippen molar-refractivity contribution >= 4 is 29.1 Å². The first-order valence-electron chi connectivity index (χ1n) is 7.42. The number of esters is 1. The van der Waals surface area contributed by atoms with Crippen LogP contribution in [-0.4, -0.2) is 23.9 Å². The monoisotopic (exact) mass is 346 g/mol. The van der Waals surface area contributed by atoms with Crippen molar-refractivity contribution in [3.63, 3.8) is 0 Å². The van der Waals surface area contributed by atoms with Crippen LogP contribution in [0, 0.1) is 0 Å². The first-order chi connectivity index (χ1) is 11.6. The van der Waals surface area contributed by atoms with Gasteiger partial charge in [-0.3, -0.25) is 25.2 Å². The number of hydrazine groups is 1. The molecule has 0 unspecified atom stereocenters. The smallest absolute Gasteiger partial charge is 0.306 e. The van der Waals surface area contributed by atoms with Crippen molar-refractivity contribution in [1.82, 2.24) is 10.9 Å². The van der Waals surface area contributed by atoms with Crippen molar-refractivity contribution in [3.05, 3.63) is 58.3 Å². The Kier molecular flexibility index (Phi) is 6.51. The molecule has 0 radical (unpaired) electrons. The Morgan fingerprint density at radius 2 is 1.88 bits per heavy atom. The van der Waals surface area contributed by atoms with Crippen molar-refractivity contribution in [2.75, 3.05) is 0 Å². The minimum absolute atomic E-state index is 0.199. The normalized spacial score (nSPS) is 11.4. The van der Waals surface area contributed by atoms with E-state index < -0.39 is 23.9 Å². The Morgan fingerprint density at radius 1 is 1.12 bits per heavy atom. The Hall–Kier alpha value is -2.67. The van der Waals surface area contributed by atoms with Crippen LogP contribution in [0.4, 0.5) is 0 Å². The number of carbonyl (C=O) groups is 3. The van der Waals surface area contributed by atoms with Crippen LogP contribution < -0.4 is 10.9 Å². The molecule has 0 saturated heterocycles. The van der Waals surface area contributed by atoms with Gasteiger partial charge in [0.15, 0.2) is 6.10 Å². The molecule has 2 amide bonds. The molecule has 2 aromatic rings. The van der Waals surface area contributed by atoms with Crippen LogP contribution in [0.25, 0.3) is 0 Å². The molecule has 0 bridgehead atoms. The number of carbonyl (C=O) groups excluding carboxylic acids is 3. The second kappa shape index (κ2) is 8.83. The van der Waals surface area contributed by atoms with Crippen LogP contribution in [0.15, 0.2) is 47.2 Å². The van der Waals surface area contributed by atoms with Gasteiger partial charge in [-0.2, -0.15) is 11.3 Å². The van der Waals surface area contributed by atoms with E-state index in [-0.39, 0.29) is 6.42 Å². The van der Waals surface area contributed by atoms with E-state index >= 15 is 0 Å². The number of hydrogen-bond acceptors (Lipinski definition) is 5. The third-order valence-electron chi connectivity index (χ3n) is 3.21. The van der Waals surface area contributed by atoms with Crippen molar-refractivity contribution in [1.29, 1.82) is 0 Å². The van der Waals surface area contributed by atoms with Gasteiger partial charge in [0.1, 0.15) is 0 Å². The van der Waals surface area contributed by atoms with E-state index in [1.165, 1.54) is 6.92 Å². The second-order valence-electron chi connectivity index (χ2n) is 5.07. The largest absolute Gasteiger partial charge is 0.452 e. The van der Waals surface area contributed by atoms with Gasteiger partial charge in [0.25, 0.3) is 11.8 Å². The topological polar surface area (TPSA) is 84.5 Å². The lowest BCUT2D eigenvalue weighted by Crippen LogP contribution is -2.46. The van der Waals surface area contributed by atoms with E-state index in [1.807, 2.05) is 16.8 Å². The molecule has 2 rings (SSSR count). The fourth-order valence-electron chi connectivity index (χ4n) is 1.87. The molecule has 1 atom stereocenters. The van der Waals surface area contributed by atoms with Crippen molar-refractivity contribution in [3.8, 4) is 0 Å². The van der Waals surface area contributed by atoms with Crippen molar-refractivity contribution < 1.29 is 19.1 Å². The maximum absolute atomic E-state index is 11.8. The van der Waals surface area contributed by atoms with Crippen molar-refractivity contribution in [2.45, 2.75) is 25.9 Å². The highest BCUT2D eigenvalue weighted by Crippen LogP contribution is 2.09. The number of ether oxygens (including phenoxy) is 1. The Morgan fingerprint density at radius 3 is 2.54 bits per heavy atom. The summed E-state index contributed by atoms with van der Waals surface area (Å²) in [6.45, 7) is 1.45. The Balaban J connectivity index is 1.71. The number of thiophene rings is 1. The minimum Gasteiger partial charge on any atom is -0.452 e. The summed E-state index contributed by atoms with van der Waals surface area (Å²) in [4.78, 5) is 35.4. The van der Waals surface area contributed by atoms with Crippen LogP contribution in [0.1, 0.15) is 29.3 Å². The van der Waals surface area contributed by atoms with Gasteiger partial charge in [-0.25, -0.2) is 0 Å². The molecular weight excluding hydrogens is 328 g/mol. The summed E-state index contributed by atoms with van der Waals surface area (Å²) in [5.41, 5.74) is 5.99. The van der Waals surface area contributed by atoms with Gasteiger partial charge in [0.05, 0.1) is 0 Å². The summed E-state index contributed by atoms with van der Waals surface area (Å²) < 4.78 is 5.05. The molecule has 126 valence electrons. The molecule has 7 heteroatoms. The third-order valence-corrected chi connectivity index (χ3v) is 3.94. The zero-order valence-electron chi connectivity index (χ0n) is 13.2. The highest BCUT2D eigenvalue weighted by Gasteiger charge is 2.18. The van der Waals surface area contributed by atoms with E-state index in [0.29, 0.717) is 12.0 Å². The van der Waals surface area contributed by atoms with E-state index in [9.17, 15) is 14.4 Å². The number of aryl methyl sites for hydroxylation is 1. The molecule has 0 saturated carbocycles. The van der Waals surface area contributed by atoms with Crippen LogP contribution in [-0.2, 0) is 20.7 Å². The SMILES string of the molecule is C[C@H](OC(=O)CCc1ccsc1)C(=O)NNC(=O)c1ccccc1. The first kappa shape index (κ1) is 17.7. The molecule has 1 heterocycles. The highest BCUT2D eigenvalue weighted by molar-refractivity contribution is 7.07. The maximum Gasteiger partial charge on any atom is 0.306 e. The number of rotatable bonds is 6. The number of nitrogens with one attached hydrogen (secondary N) is 2. The van der Waals surface area contributed by atoms with E-state index in [4.69, 9.17) is 4.74 Å². The van der Waals surface area contributed by atoms with Gasteiger partial charge in [0, 0.05) is 12.0 Å². The zero-order valence-corrected chi connectivity index (χ0v) is 14.0. The fraction of sp³-hybridized carbons (Fsp3) is 0.235. The molecule has 6 nitrogen and oxygen atoms in total.